The Balaban J connectivity index is 1.28. The zero-order valence-corrected chi connectivity index (χ0v) is 18.3. The summed E-state index contributed by atoms with van der Waals surface area (Å²) in [5.41, 5.74) is 3.75. The Morgan fingerprint density at radius 3 is 2.57 bits per heavy atom. The van der Waals surface area contributed by atoms with Gasteiger partial charge in [0.25, 0.3) is 0 Å². The van der Waals surface area contributed by atoms with Crippen LogP contribution in [0.3, 0.4) is 0 Å². The third-order valence-corrected chi connectivity index (χ3v) is 6.16. The number of fused-ring (bicyclic) bond motifs is 1. The Morgan fingerprint density at radius 1 is 1.00 bits per heavy atom. The van der Waals surface area contributed by atoms with Crippen LogP contribution in [-0.4, -0.2) is 50.4 Å². The van der Waals surface area contributed by atoms with Gasteiger partial charge in [0.15, 0.2) is 17.5 Å². The normalized spacial score (nSPS) is 15.9. The molecule has 0 amide bonds. The van der Waals surface area contributed by atoms with Crippen molar-refractivity contribution in [2.75, 3.05) is 49.4 Å². The largest absolute Gasteiger partial charge is 0.454 e. The maximum atomic E-state index is 5.46. The lowest BCUT2D eigenvalue weighted by molar-refractivity contribution is 0.174. The van der Waals surface area contributed by atoms with E-state index in [-0.39, 0.29) is 0 Å². The van der Waals surface area contributed by atoms with Gasteiger partial charge in [-0.25, -0.2) is 4.99 Å². The first-order valence-electron chi connectivity index (χ1n) is 10.6. The Kier molecular flexibility index (Phi) is 7.24. The minimum absolute atomic E-state index is 0.312. The smallest absolute Gasteiger partial charge is 0.231 e. The molecule has 6 nitrogen and oxygen atoms in total. The van der Waals surface area contributed by atoms with E-state index in [2.05, 4.69) is 58.9 Å². The number of anilines is 1. The van der Waals surface area contributed by atoms with Crippen LogP contribution in [0.4, 0.5) is 5.69 Å². The van der Waals surface area contributed by atoms with E-state index >= 15 is 0 Å². The molecule has 1 saturated heterocycles. The van der Waals surface area contributed by atoms with Crippen LogP contribution in [0.5, 0.6) is 11.5 Å². The topological polar surface area (TPSA) is 58.1 Å². The summed E-state index contributed by atoms with van der Waals surface area (Å²) in [4.78, 5) is 7.21. The van der Waals surface area contributed by atoms with E-state index in [1.807, 2.05) is 17.8 Å². The van der Waals surface area contributed by atoms with E-state index in [1.54, 1.807) is 0 Å². The number of nitrogens with one attached hydrogen (secondary N) is 2. The molecule has 160 valence electrons. The Morgan fingerprint density at radius 2 is 1.77 bits per heavy atom. The molecule has 2 heterocycles. The third kappa shape index (κ3) is 5.53. The first-order chi connectivity index (χ1) is 14.8. The minimum Gasteiger partial charge on any atom is -0.454 e. The number of aliphatic imine (C=N–C) groups is 1. The molecule has 2 N–H and O–H groups in total. The number of hydrogen-bond donors (Lipinski definition) is 2. The van der Waals surface area contributed by atoms with Crippen molar-refractivity contribution in [3.63, 3.8) is 0 Å². The number of ether oxygens (including phenoxy) is 2. The van der Waals surface area contributed by atoms with Crippen LogP contribution in [0.2, 0.25) is 0 Å². The fraction of sp³-hybridized carbons (Fsp3) is 0.435. The van der Waals surface area contributed by atoms with Gasteiger partial charge in [0.1, 0.15) is 0 Å². The van der Waals surface area contributed by atoms with Gasteiger partial charge in [0.2, 0.25) is 6.79 Å². The molecular weight excluding hydrogens is 396 g/mol. The van der Waals surface area contributed by atoms with Gasteiger partial charge in [-0.2, -0.15) is 11.8 Å². The van der Waals surface area contributed by atoms with Gasteiger partial charge in [0.05, 0.1) is 6.54 Å². The summed E-state index contributed by atoms with van der Waals surface area (Å²) >= 11 is 2.04. The molecule has 4 rings (SSSR count). The number of nitrogens with zero attached hydrogens (tertiary/aromatic N) is 2. The highest BCUT2D eigenvalue weighted by Gasteiger charge is 2.13. The SMILES string of the molecule is CCNC(=NCc1ccc(N2CCSCC2)cc1)NCCc1ccc2c(c1)OCO2. The molecule has 0 atom stereocenters. The Bertz CT molecular complexity index is 851. The summed E-state index contributed by atoms with van der Waals surface area (Å²) in [5.74, 6) is 4.94. The van der Waals surface area contributed by atoms with Gasteiger partial charge in [-0.05, 0) is 48.7 Å². The molecule has 0 aliphatic carbocycles. The summed E-state index contributed by atoms with van der Waals surface area (Å²) in [5, 5.41) is 6.75. The maximum absolute atomic E-state index is 5.46. The molecule has 0 aromatic heterocycles. The van der Waals surface area contributed by atoms with Crippen LogP contribution < -0.4 is 25.0 Å². The second-order valence-corrected chi connectivity index (χ2v) is 8.55. The Hall–Kier alpha value is -2.54. The van der Waals surface area contributed by atoms with Crippen molar-refractivity contribution in [2.45, 2.75) is 19.9 Å². The molecule has 0 bridgehead atoms. The van der Waals surface area contributed by atoms with E-state index in [1.165, 1.54) is 28.3 Å². The van der Waals surface area contributed by atoms with Crippen LogP contribution in [0.15, 0.2) is 47.5 Å². The predicted octanol–water partition coefficient (Wildman–Crippen LogP) is 3.27. The van der Waals surface area contributed by atoms with E-state index in [0.717, 1.165) is 50.1 Å². The predicted molar refractivity (Wildman–Crippen MR) is 125 cm³/mol. The van der Waals surface area contributed by atoms with Gasteiger partial charge in [0, 0.05) is 43.4 Å². The fourth-order valence-electron chi connectivity index (χ4n) is 3.57. The van der Waals surface area contributed by atoms with Crippen molar-refractivity contribution < 1.29 is 9.47 Å². The highest BCUT2D eigenvalue weighted by molar-refractivity contribution is 7.99. The minimum atomic E-state index is 0.312. The number of rotatable bonds is 7. The fourth-order valence-corrected chi connectivity index (χ4v) is 4.47. The molecule has 0 saturated carbocycles. The molecule has 2 aromatic rings. The lowest BCUT2D eigenvalue weighted by Crippen LogP contribution is -2.38. The maximum Gasteiger partial charge on any atom is 0.231 e. The van der Waals surface area contributed by atoms with Crippen molar-refractivity contribution in [1.82, 2.24) is 10.6 Å². The highest BCUT2D eigenvalue weighted by Crippen LogP contribution is 2.32. The van der Waals surface area contributed by atoms with E-state index in [0.29, 0.717) is 13.3 Å². The molecule has 0 unspecified atom stereocenters. The Labute approximate surface area is 183 Å². The molecular formula is C23H30N4O2S. The van der Waals surface area contributed by atoms with Gasteiger partial charge in [-0.3, -0.25) is 0 Å². The average Bonchev–Trinajstić information content (AvgIpc) is 3.26. The summed E-state index contributed by atoms with van der Waals surface area (Å²) in [6, 6.07) is 14.9. The quantitative estimate of drug-likeness (QED) is 0.524. The zero-order chi connectivity index (χ0) is 20.6. The first kappa shape index (κ1) is 20.7. The van der Waals surface area contributed by atoms with Gasteiger partial charge < -0.3 is 25.0 Å². The monoisotopic (exact) mass is 426 g/mol. The van der Waals surface area contributed by atoms with Crippen LogP contribution in [0.1, 0.15) is 18.1 Å². The molecule has 2 aliphatic heterocycles. The second kappa shape index (κ2) is 10.5. The van der Waals surface area contributed by atoms with Crippen molar-refractivity contribution in [3.05, 3.63) is 53.6 Å². The molecule has 2 aromatic carbocycles. The zero-order valence-electron chi connectivity index (χ0n) is 17.5. The summed E-state index contributed by atoms with van der Waals surface area (Å²) in [6.07, 6.45) is 0.893. The van der Waals surface area contributed by atoms with Gasteiger partial charge in [-0.15, -0.1) is 0 Å². The molecule has 2 aliphatic rings. The van der Waals surface area contributed by atoms with E-state index in [4.69, 9.17) is 14.5 Å². The van der Waals surface area contributed by atoms with Crippen molar-refractivity contribution in [2.24, 2.45) is 4.99 Å². The lowest BCUT2D eigenvalue weighted by atomic mass is 10.1. The molecule has 0 radical (unpaired) electrons. The standard InChI is InChI=1S/C23H30N4O2S/c1-2-24-23(25-10-9-18-5-8-21-22(15-18)29-17-28-21)26-16-19-3-6-20(7-4-19)27-11-13-30-14-12-27/h3-8,15H,2,9-14,16-17H2,1H3,(H2,24,25,26). The number of benzene rings is 2. The van der Waals surface area contributed by atoms with E-state index < -0.39 is 0 Å². The molecule has 0 spiro atoms. The van der Waals surface area contributed by atoms with Crippen LogP contribution in [-0.2, 0) is 13.0 Å². The van der Waals surface area contributed by atoms with E-state index in [9.17, 15) is 0 Å². The summed E-state index contributed by atoms with van der Waals surface area (Å²) < 4.78 is 10.8. The highest BCUT2D eigenvalue weighted by atomic mass is 32.2. The third-order valence-electron chi connectivity index (χ3n) is 5.22. The summed E-state index contributed by atoms with van der Waals surface area (Å²) in [6.45, 7) is 6.97. The number of hydrogen-bond acceptors (Lipinski definition) is 5. The summed E-state index contributed by atoms with van der Waals surface area (Å²) in [7, 11) is 0. The first-order valence-corrected chi connectivity index (χ1v) is 11.8. The van der Waals surface area contributed by atoms with Crippen molar-refractivity contribution in [3.8, 4) is 11.5 Å². The molecule has 1 fully saturated rings. The number of guanidine groups is 1. The van der Waals surface area contributed by atoms with Crippen molar-refractivity contribution >= 4 is 23.4 Å². The van der Waals surface area contributed by atoms with Crippen LogP contribution in [0, 0.1) is 0 Å². The second-order valence-electron chi connectivity index (χ2n) is 7.33. The lowest BCUT2D eigenvalue weighted by Gasteiger charge is -2.28. The average molecular weight is 427 g/mol. The van der Waals surface area contributed by atoms with Crippen molar-refractivity contribution in [1.29, 1.82) is 0 Å². The number of thioether (sulfide) groups is 1. The van der Waals surface area contributed by atoms with Gasteiger partial charge in [-0.1, -0.05) is 18.2 Å². The molecule has 30 heavy (non-hydrogen) atoms. The van der Waals surface area contributed by atoms with Gasteiger partial charge >= 0.3 is 0 Å². The molecule has 7 heteroatoms. The van der Waals surface area contributed by atoms with Crippen LogP contribution in [0.25, 0.3) is 0 Å². The van der Waals surface area contributed by atoms with Crippen LogP contribution >= 0.6 is 11.8 Å².